The van der Waals surface area contributed by atoms with Gasteiger partial charge in [0.1, 0.15) is 5.75 Å². The first-order chi connectivity index (χ1) is 12.6. The lowest BCUT2D eigenvalue weighted by atomic mass is 10.2. The number of anilines is 2. The molecule has 6 heteroatoms. The number of hydrogen-bond donors (Lipinski definition) is 3. The minimum absolute atomic E-state index is 0.125. The summed E-state index contributed by atoms with van der Waals surface area (Å²) < 4.78 is 5.61. The van der Waals surface area contributed by atoms with Crippen LogP contribution >= 0.6 is 0 Å². The van der Waals surface area contributed by atoms with Crippen LogP contribution in [0.3, 0.4) is 0 Å². The zero-order valence-corrected chi connectivity index (χ0v) is 15.2. The van der Waals surface area contributed by atoms with Gasteiger partial charge in [0, 0.05) is 24.0 Å². The molecular weight excluding hydrogens is 330 g/mol. The molecule has 0 spiro atoms. The van der Waals surface area contributed by atoms with Crippen molar-refractivity contribution in [1.82, 2.24) is 5.32 Å². The summed E-state index contributed by atoms with van der Waals surface area (Å²) in [4.78, 5) is 23.7. The fraction of sp³-hybridized carbons (Fsp3) is 0.300. The fourth-order valence-electron chi connectivity index (χ4n) is 2.27. The van der Waals surface area contributed by atoms with Crippen LogP contribution in [0.15, 0.2) is 48.5 Å². The number of carbonyl (C=O) groups is 2. The number of hydrogen-bond acceptors (Lipinski definition) is 4. The maximum absolute atomic E-state index is 12.1. The Kier molecular flexibility index (Phi) is 7.49. The number of carbonyl (C=O) groups excluding carboxylic acids is 2. The molecule has 6 nitrogen and oxygen atoms in total. The van der Waals surface area contributed by atoms with Crippen LogP contribution in [0.1, 0.15) is 30.1 Å². The molecule has 0 atom stereocenters. The van der Waals surface area contributed by atoms with Crippen molar-refractivity contribution in [3.63, 3.8) is 0 Å². The highest BCUT2D eigenvalue weighted by Gasteiger charge is 2.06. The van der Waals surface area contributed by atoms with E-state index in [1.165, 1.54) is 0 Å². The molecule has 0 bridgehead atoms. The van der Waals surface area contributed by atoms with Gasteiger partial charge in [0.2, 0.25) is 5.91 Å². The summed E-state index contributed by atoms with van der Waals surface area (Å²) in [6, 6.07) is 14.3. The molecule has 0 aliphatic heterocycles. The van der Waals surface area contributed by atoms with E-state index in [1.54, 1.807) is 31.3 Å². The van der Waals surface area contributed by atoms with Gasteiger partial charge in [-0.05, 0) is 48.9 Å². The van der Waals surface area contributed by atoms with Gasteiger partial charge in [0.05, 0.1) is 13.2 Å². The van der Waals surface area contributed by atoms with Gasteiger partial charge in [-0.15, -0.1) is 0 Å². The van der Waals surface area contributed by atoms with Crippen LogP contribution in [0.4, 0.5) is 11.4 Å². The quantitative estimate of drug-likeness (QED) is 0.603. The van der Waals surface area contributed by atoms with E-state index in [2.05, 4.69) is 22.9 Å². The molecule has 138 valence electrons. The predicted molar refractivity (Wildman–Crippen MR) is 104 cm³/mol. The molecule has 0 aliphatic carbocycles. The van der Waals surface area contributed by atoms with E-state index in [-0.39, 0.29) is 18.4 Å². The van der Waals surface area contributed by atoms with Gasteiger partial charge >= 0.3 is 0 Å². The van der Waals surface area contributed by atoms with E-state index in [4.69, 9.17) is 4.74 Å². The molecule has 0 heterocycles. The van der Waals surface area contributed by atoms with Crippen molar-refractivity contribution < 1.29 is 14.3 Å². The molecule has 0 aliphatic rings. The van der Waals surface area contributed by atoms with Crippen LogP contribution < -0.4 is 20.7 Å². The maximum atomic E-state index is 12.1. The SMILES string of the molecule is CCCCOc1ccc(NCC(=O)Nc2cccc(C(=O)NC)c2)cc1. The first-order valence-corrected chi connectivity index (χ1v) is 8.71. The van der Waals surface area contributed by atoms with Crippen LogP contribution in [0, 0.1) is 0 Å². The summed E-state index contributed by atoms with van der Waals surface area (Å²) in [5, 5.41) is 8.39. The van der Waals surface area contributed by atoms with Gasteiger partial charge in [0.15, 0.2) is 0 Å². The minimum Gasteiger partial charge on any atom is -0.494 e. The maximum Gasteiger partial charge on any atom is 0.251 e. The number of amides is 2. The Labute approximate surface area is 153 Å². The third kappa shape index (κ3) is 6.12. The van der Waals surface area contributed by atoms with Gasteiger partial charge < -0.3 is 20.7 Å². The fourth-order valence-corrected chi connectivity index (χ4v) is 2.27. The molecule has 0 saturated heterocycles. The summed E-state index contributed by atoms with van der Waals surface area (Å²) in [5.74, 6) is 0.433. The van der Waals surface area contributed by atoms with E-state index in [9.17, 15) is 9.59 Å². The lowest BCUT2D eigenvalue weighted by Crippen LogP contribution is -2.22. The van der Waals surface area contributed by atoms with Crippen LogP contribution in [-0.2, 0) is 4.79 Å². The smallest absolute Gasteiger partial charge is 0.251 e. The Hall–Kier alpha value is -3.02. The van der Waals surface area contributed by atoms with Gasteiger partial charge in [-0.3, -0.25) is 9.59 Å². The van der Waals surface area contributed by atoms with Crippen LogP contribution in [-0.4, -0.2) is 32.0 Å². The predicted octanol–water partition coefficient (Wildman–Crippen LogP) is 3.28. The monoisotopic (exact) mass is 355 g/mol. The molecule has 2 aromatic carbocycles. The van der Waals surface area contributed by atoms with Crippen molar-refractivity contribution >= 4 is 23.2 Å². The summed E-state index contributed by atoms with van der Waals surface area (Å²) >= 11 is 0. The van der Waals surface area contributed by atoms with E-state index >= 15 is 0 Å². The Morgan fingerprint density at radius 1 is 1.04 bits per heavy atom. The summed E-state index contributed by atoms with van der Waals surface area (Å²) in [6.07, 6.45) is 2.13. The highest BCUT2D eigenvalue weighted by atomic mass is 16.5. The molecule has 2 rings (SSSR count). The Morgan fingerprint density at radius 3 is 2.50 bits per heavy atom. The van der Waals surface area contributed by atoms with Gasteiger partial charge in [0.25, 0.3) is 5.91 Å². The van der Waals surface area contributed by atoms with Crippen molar-refractivity contribution in [3.05, 3.63) is 54.1 Å². The van der Waals surface area contributed by atoms with Gasteiger partial charge in [-0.1, -0.05) is 19.4 Å². The summed E-state index contributed by atoms with van der Waals surface area (Å²) in [5.41, 5.74) is 1.91. The van der Waals surface area contributed by atoms with E-state index in [1.807, 2.05) is 24.3 Å². The average molecular weight is 355 g/mol. The highest BCUT2D eigenvalue weighted by molar-refractivity contribution is 5.98. The van der Waals surface area contributed by atoms with E-state index in [0.29, 0.717) is 17.9 Å². The van der Waals surface area contributed by atoms with Crippen molar-refractivity contribution in [2.45, 2.75) is 19.8 Å². The Morgan fingerprint density at radius 2 is 1.81 bits per heavy atom. The number of ether oxygens (including phenoxy) is 1. The molecule has 0 unspecified atom stereocenters. The average Bonchev–Trinajstić information content (AvgIpc) is 2.67. The number of rotatable bonds is 9. The van der Waals surface area contributed by atoms with Crippen molar-refractivity contribution in [3.8, 4) is 5.75 Å². The molecule has 2 aromatic rings. The van der Waals surface area contributed by atoms with Crippen molar-refractivity contribution in [2.75, 3.05) is 30.8 Å². The zero-order valence-electron chi connectivity index (χ0n) is 15.2. The molecule has 2 amide bonds. The minimum atomic E-state index is -0.194. The van der Waals surface area contributed by atoms with Gasteiger partial charge in [-0.25, -0.2) is 0 Å². The molecule has 0 fully saturated rings. The van der Waals surface area contributed by atoms with Crippen LogP contribution in [0.2, 0.25) is 0 Å². The third-order valence-electron chi connectivity index (χ3n) is 3.71. The number of unbranched alkanes of at least 4 members (excludes halogenated alkanes) is 1. The lowest BCUT2D eigenvalue weighted by Gasteiger charge is -2.10. The Balaban J connectivity index is 1.82. The van der Waals surface area contributed by atoms with Crippen molar-refractivity contribution in [2.24, 2.45) is 0 Å². The molecule has 0 saturated carbocycles. The van der Waals surface area contributed by atoms with Crippen LogP contribution in [0.5, 0.6) is 5.75 Å². The second-order valence-electron chi connectivity index (χ2n) is 5.79. The standard InChI is InChI=1S/C20H25N3O3/c1-3-4-12-26-18-10-8-16(9-11-18)22-14-19(24)23-17-7-5-6-15(13-17)20(25)21-2/h5-11,13,22H,3-4,12,14H2,1-2H3,(H,21,25)(H,23,24). The largest absolute Gasteiger partial charge is 0.494 e. The normalized spacial score (nSPS) is 10.1. The molecule has 26 heavy (non-hydrogen) atoms. The highest BCUT2D eigenvalue weighted by Crippen LogP contribution is 2.16. The first kappa shape index (κ1) is 19.3. The number of nitrogens with one attached hydrogen (secondary N) is 3. The molecule has 3 N–H and O–H groups in total. The molecule has 0 radical (unpaired) electrons. The first-order valence-electron chi connectivity index (χ1n) is 8.71. The van der Waals surface area contributed by atoms with E-state index in [0.717, 1.165) is 24.3 Å². The molecule has 0 aromatic heterocycles. The lowest BCUT2D eigenvalue weighted by molar-refractivity contribution is -0.114. The van der Waals surface area contributed by atoms with Crippen molar-refractivity contribution in [1.29, 1.82) is 0 Å². The second kappa shape index (κ2) is 10.1. The topological polar surface area (TPSA) is 79.5 Å². The summed E-state index contributed by atoms with van der Waals surface area (Å²) in [7, 11) is 1.57. The second-order valence-corrected chi connectivity index (χ2v) is 5.79. The zero-order chi connectivity index (χ0) is 18.8. The molecular formula is C20H25N3O3. The van der Waals surface area contributed by atoms with E-state index < -0.39 is 0 Å². The van der Waals surface area contributed by atoms with Crippen LogP contribution in [0.25, 0.3) is 0 Å². The summed E-state index contributed by atoms with van der Waals surface area (Å²) in [6.45, 7) is 2.96. The Bertz CT molecular complexity index is 729. The third-order valence-corrected chi connectivity index (χ3v) is 3.71. The number of benzene rings is 2. The van der Waals surface area contributed by atoms with Gasteiger partial charge in [-0.2, -0.15) is 0 Å².